The molecule has 0 atom stereocenters. The van der Waals surface area contributed by atoms with E-state index in [1.54, 1.807) is 6.20 Å². The van der Waals surface area contributed by atoms with Crippen LogP contribution in [-0.2, 0) is 4.74 Å². The first kappa shape index (κ1) is 13.9. The second-order valence-electron chi connectivity index (χ2n) is 5.43. The summed E-state index contributed by atoms with van der Waals surface area (Å²) in [7, 11) is 0. The zero-order chi connectivity index (χ0) is 14.7. The first-order chi connectivity index (χ1) is 10.3. The largest absolute Gasteiger partial charge is 0.461 e. The van der Waals surface area contributed by atoms with E-state index in [2.05, 4.69) is 9.97 Å². The van der Waals surface area contributed by atoms with E-state index in [9.17, 15) is 4.79 Å². The van der Waals surface area contributed by atoms with Gasteiger partial charge in [0.15, 0.2) is 0 Å². The molecule has 1 aliphatic carbocycles. The van der Waals surface area contributed by atoms with Crippen molar-refractivity contribution in [3.63, 3.8) is 0 Å². The fourth-order valence-electron chi connectivity index (χ4n) is 3.07. The summed E-state index contributed by atoms with van der Waals surface area (Å²) in [6, 6.07) is 7.79. The van der Waals surface area contributed by atoms with E-state index in [1.165, 1.54) is 31.2 Å². The number of pyridine rings is 1. The number of hydrogen-bond acceptors (Lipinski definition) is 3. The normalized spacial score (nSPS) is 15.3. The predicted molar refractivity (Wildman–Crippen MR) is 81.2 cm³/mol. The van der Waals surface area contributed by atoms with Crippen molar-refractivity contribution in [3.05, 3.63) is 41.7 Å². The molecule has 21 heavy (non-hydrogen) atoms. The lowest BCUT2D eigenvalue weighted by molar-refractivity contribution is 0.0520. The minimum Gasteiger partial charge on any atom is -0.461 e. The lowest BCUT2D eigenvalue weighted by atomic mass is 9.96. The Morgan fingerprint density at radius 3 is 2.86 bits per heavy atom. The van der Waals surface area contributed by atoms with Crippen LogP contribution in [0.3, 0.4) is 0 Å². The summed E-state index contributed by atoms with van der Waals surface area (Å²) in [4.78, 5) is 19.6. The fourth-order valence-corrected chi connectivity index (χ4v) is 3.07. The molecule has 1 aliphatic rings. The molecule has 0 unspecified atom stereocenters. The SMILES string of the molecule is CCOC(=O)c1cc(C2CCCC2)c(-c2ccccn2)[nH]1. The molecule has 0 aromatic carbocycles. The molecular formula is C17H20N2O2. The van der Waals surface area contributed by atoms with Gasteiger partial charge in [0.25, 0.3) is 0 Å². The van der Waals surface area contributed by atoms with Crippen molar-refractivity contribution in [2.45, 2.75) is 38.5 Å². The summed E-state index contributed by atoms with van der Waals surface area (Å²) < 4.78 is 5.10. The molecule has 0 saturated heterocycles. The molecule has 4 heteroatoms. The van der Waals surface area contributed by atoms with E-state index in [-0.39, 0.29) is 5.97 Å². The molecule has 0 aliphatic heterocycles. The van der Waals surface area contributed by atoms with Gasteiger partial charge in [0.05, 0.1) is 18.0 Å². The number of carbonyl (C=O) groups is 1. The van der Waals surface area contributed by atoms with Crippen LogP contribution in [0.15, 0.2) is 30.5 Å². The zero-order valence-electron chi connectivity index (χ0n) is 12.3. The highest BCUT2D eigenvalue weighted by Crippen LogP contribution is 2.39. The van der Waals surface area contributed by atoms with Crippen LogP contribution >= 0.6 is 0 Å². The van der Waals surface area contributed by atoms with Crippen LogP contribution < -0.4 is 0 Å². The molecule has 110 valence electrons. The van der Waals surface area contributed by atoms with E-state index in [0.717, 1.165) is 11.4 Å². The van der Waals surface area contributed by atoms with Gasteiger partial charge in [-0.25, -0.2) is 4.79 Å². The number of H-pyrrole nitrogens is 1. The summed E-state index contributed by atoms with van der Waals surface area (Å²) in [5, 5.41) is 0. The second-order valence-corrected chi connectivity index (χ2v) is 5.43. The molecule has 2 aromatic rings. The van der Waals surface area contributed by atoms with Crippen molar-refractivity contribution in [1.82, 2.24) is 9.97 Å². The van der Waals surface area contributed by atoms with E-state index in [1.807, 2.05) is 31.2 Å². The highest BCUT2D eigenvalue weighted by molar-refractivity contribution is 5.89. The summed E-state index contributed by atoms with van der Waals surface area (Å²) >= 11 is 0. The molecular weight excluding hydrogens is 264 g/mol. The monoisotopic (exact) mass is 284 g/mol. The van der Waals surface area contributed by atoms with Crippen LogP contribution in [0.1, 0.15) is 54.6 Å². The molecule has 3 rings (SSSR count). The van der Waals surface area contributed by atoms with Crippen LogP contribution in [-0.4, -0.2) is 22.5 Å². The Hall–Kier alpha value is -2.10. The van der Waals surface area contributed by atoms with Gasteiger partial charge in [-0.05, 0) is 49.4 Å². The van der Waals surface area contributed by atoms with Crippen LogP contribution in [0.5, 0.6) is 0 Å². The maximum absolute atomic E-state index is 12.0. The third kappa shape index (κ3) is 2.84. The fraction of sp³-hybridized carbons (Fsp3) is 0.412. The van der Waals surface area contributed by atoms with E-state index >= 15 is 0 Å². The van der Waals surface area contributed by atoms with Gasteiger partial charge in [-0.1, -0.05) is 18.9 Å². The standard InChI is InChI=1S/C17H20N2O2/c1-2-21-17(20)15-11-13(12-7-3-4-8-12)16(19-15)14-9-5-6-10-18-14/h5-6,9-12,19H,2-4,7-8H2,1H3. The van der Waals surface area contributed by atoms with Crippen molar-refractivity contribution < 1.29 is 9.53 Å². The molecule has 0 spiro atoms. The van der Waals surface area contributed by atoms with Crippen LogP contribution in [0.25, 0.3) is 11.4 Å². The highest BCUT2D eigenvalue weighted by atomic mass is 16.5. The van der Waals surface area contributed by atoms with Crippen molar-refractivity contribution in [2.24, 2.45) is 0 Å². The Morgan fingerprint density at radius 1 is 1.38 bits per heavy atom. The molecule has 2 heterocycles. The Morgan fingerprint density at radius 2 is 2.19 bits per heavy atom. The average molecular weight is 284 g/mol. The maximum Gasteiger partial charge on any atom is 0.354 e. The molecule has 2 aromatic heterocycles. The number of ether oxygens (including phenoxy) is 1. The molecule has 4 nitrogen and oxygen atoms in total. The van der Waals surface area contributed by atoms with Gasteiger partial charge < -0.3 is 9.72 Å². The average Bonchev–Trinajstić information content (AvgIpc) is 3.17. The Bertz CT molecular complexity index is 613. The Labute approximate surface area is 124 Å². The third-order valence-corrected chi connectivity index (χ3v) is 4.06. The van der Waals surface area contributed by atoms with Gasteiger partial charge in [-0.2, -0.15) is 0 Å². The molecule has 0 amide bonds. The summed E-state index contributed by atoms with van der Waals surface area (Å²) in [6.45, 7) is 2.20. The number of nitrogens with zero attached hydrogens (tertiary/aromatic N) is 1. The lowest BCUT2D eigenvalue weighted by Gasteiger charge is -2.09. The number of carbonyl (C=O) groups excluding carboxylic acids is 1. The number of aromatic nitrogens is 2. The van der Waals surface area contributed by atoms with Gasteiger partial charge in [0.1, 0.15) is 5.69 Å². The van der Waals surface area contributed by atoms with E-state index in [4.69, 9.17) is 4.74 Å². The predicted octanol–water partition coefficient (Wildman–Crippen LogP) is 3.91. The van der Waals surface area contributed by atoms with E-state index < -0.39 is 0 Å². The van der Waals surface area contributed by atoms with Crippen LogP contribution in [0.2, 0.25) is 0 Å². The zero-order valence-corrected chi connectivity index (χ0v) is 12.3. The molecule has 1 N–H and O–H groups in total. The smallest absolute Gasteiger partial charge is 0.354 e. The topological polar surface area (TPSA) is 55.0 Å². The first-order valence-corrected chi connectivity index (χ1v) is 7.61. The van der Waals surface area contributed by atoms with Crippen LogP contribution in [0.4, 0.5) is 0 Å². The number of nitrogens with one attached hydrogen (secondary N) is 1. The van der Waals surface area contributed by atoms with Crippen molar-refractivity contribution in [1.29, 1.82) is 0 Å². The number of esters is 1. The van der Waals surface area contributed by atoms with Gasteiger partial charge >= 0.3 is 5.97 Å². The Balaban J connectivity index is 2.01. The van der Waals surface area contributed by atoms with Gasteiger partial charge in [0.2, 0.25) is 0 Å². The van der Waals surface area contributed by atoms with Gasteiger partial charge in [-0.3, -0.25) is 4.98 Å². The highest BCUT2D eigenvalue weighted by Gasteiger charge is 2.25. The molecule has 1 saturated carbocycles. The Kier molecular flexibility index (Phi) is 4.04. The summed E-state index contributed by atoms with van der Waals surface area (Å²) in [5.41, 5.74) is 3.58. The first-order valence-electron chi connectivity index (χ1n) is 7.61. The van der Waals surface area contributed by atoms with Crippen molar-refractivity contribution in [2.75, 3.05) is 6.61 Å². The summed E-state index contributed by atoms with van der Waals surface area (Å²) in [5.74, 6) is 0.223. The lowest BCUT2D eigenvalue weighted by Crippen LogP contribution is -2.04. The van der Waals surface area contributed by atoms with Gasteiger partial charge in [0, 0.05) is 6.20 Å². The number of hydrogen-bond donors (Lipinski definition) is 1. The maximum atomic E-state index is 12.0. The minimum atomic E-state index is -0.293. The molecule has 0 bridgehead atoms. The summed E-state index contributed by atoms with van der Waals surface area (Å²) in [6.07, 6.45) is 6.65. The second kappa shape index (κ2) is 6.12. The number of aromatic amines is 1. The van der Waals surface area contributed by atoms with E-state index in [0.29, 0.717) is 18.2 Å². The quantitative estimate of drug-likeness (QED) is 0.866. The van der Waals surface area contributed by atoms with Crippen molar-refractivity contribution >= 4 is 5.97 Å². The molecule has 0 radical (unpaired) electrons. The minimum absolute atomic E-state index is 0.293. The molecule has 1 fully saturated rings. The van der Waals surface area contributed by atoms with Gasteiger partial charge in [-0.15, -0.1) is 0 Å². The van der Waals surface area contributed by atoms with Crippen LogP contribution in [0, 0.1) is 0 Å². The third-order valence-electron chi connectivity index (χ3n) is 4.06. The number of rotatable bonds is 4. The van der Waals surface area contributed by atoms with Crippen molar-refractivity contribution in [3.8, 4) is 11.4 Å².